The van der Waals surface area contributed by atoms with Crippen molar-refractivity contribution in [2.24, 2.45) is 0 Å². The molecular weight excluding hydrogens is 408 g/mol. The number of hydrogen-bond donors (Lipinski definition) is 5. The van der Waals surface area contributed by atoms with Crippen molar-refractivity contribution in [3.05, 3.63) is 0 Å². The molecule has 0 aliphatic rings. The second kappa shape index (κ2) is 22.1. The summed E-state index contributed by atoms with van der Waals surface area (Å²) in [6.45, 7) is 2.15. The highest BCUT2D eigenvalue weighted by Crippen LogP contribution is 2.16. The first-order valence-electron chi connectivity index (χ1n) is 13.3. The van der Waals surface area contributed by atoms with Crippen LogP contribution in [0.25, 0.3) is 0 Å². The number of carboxylic acids is 1. The minimum atomic E-state index is -1.21. The van der Waals surface area contributed by atoms with E-state index in [-0.39, 0.29) is 6.10 Å². The number of carbonyl (C=O) groups is 1. The fourth-order valence-electron chi connectivity index (χ4n) is 4.13. The molecule has 32 heavy (non-hydrogen) atoms. The Labute approximate surface area is 196 Å². The molecule has 0 bridgehead atoms. The van der Waals surface area contributed by atoms with E-state index < -0.39 is 24.3 Å². The number of aliphatic hydroxyl groups excluding tert-OH is 4. The molecule has 0 rings (SSSR count). The number of unbranched alkanes of at least 4 members (excludes halogenated alkanes) is 12. The molecule has 0 saturated heterocycles. The van der Waals surface area contributed by atoms with Crippen LogP contribution in [0.3, 0.4) is 0 Å². The molecule has 0 fully saturated rings. The van der Waals surface area contributed by atoms with Gasteiger partial charge in [0, 0.05) is 0 Å². The second-order valence-corrected chi connectivity index (χ2v) is 9.54. The summed E-state index contributed by atoms with van der Waals surface area (Å²) in [6.07, 6.45) is 16.5. The molecule has 192 valence electrons. The average molecular weight is 461 g/mol. The van der Waals surface area contributed by atoms with Crippen molar-refractivity contribution < 1.29 is 30.3 Å². The van der Waals surface area contributed by atoms with Crippen LogP contribution in [0.2, 0.25) is 0 Å². The molecule has 0 amide bonds. The Hall–Kier alpha value is -0.690. The fourth-order valence-corrected chi connectivity index (χ4v) is 4.13. The maximum atomic E-state index is 10.5. The van der Waals surface area contributed by atoms with Gasteiger partial charge in [-0.2, -0.15) is 0 Å². The molecule has 0 saturated carbocycles. The summed E-state index contributed by atoms with van der Waals surface area (Å²) < 4.78 is 0. The second-order valence-electron chi connectivity index (χ2n) is 9.54. The molecule has 0 aliphatic carbocycles. The third-order valence-electron chi connectivity index (χ3n) is 6.38. The van der Waals surface area contributed by atoms with E-state index in [0.717, 1.165) is 64.2 Å². The van der Waals surface area contributed by atoms with Gasteiger partial charge < -0.3 is 25.5 Å². The minimum absolute atomic E-state index is 0.274. The predicted octanol–water partition coefficient (Wildman–Crippen LogP) is 5.34. The van der Waals surface area contributed by atoms with E-state index >= 15 is 0 Å². The first-order valence-corrected chi connectivity index (χ1v) is 13.3. The molecule has 0 heterocycles. The molecule has 6 nitrogen and oxygen atoms in total. The molecular formula is C26H52O6. The molecule has 4 unspecified atom stereocenters. The Kier molecular flexibility index (Phi) is 21.6. The predicted molar refractivity (Wildman–Crippen MR) is 130 cm³/mol. The lowest BCUT2D eigenvalue weighted by Crippen LogP contribution is -2.26. The van der Waals surface area contributed by atoms with Gasteiger partial charge in [-0.25, -0.2) is 4.79 Å². The lowest BCUT2D eigenvalue weighted by atomic mass is 9.98. The summed E-state index contributed by atoms with van der Waals surface area (Å²) in [5.41, 5.74) is 0. The van der Waals surface area contributed by atoms with Crippen molar-refractivity contribution in [3.8, 4) is 0 Å². The van der Waals surface area contributed by atoms with Crippen LogP contribution in [0.5, 0.6) is 0 Å². The van der Waals surface area contributed by atoms with E-state index in [0.29, 0.717) is 25.7 Å². The van der Waals surface area contributed by atoms with E-state index in [1.54, 1.807) is 0 Å². The number of carboxylic acid groups (broad SMARTS) is 1. The smallest absolute Gasteiger partial charge is 0.332 e. The first-order chi connectivity index (χ1) is 15.4. The monoisotopic (exact) mass is 460 g/mol. The summed E-state index contributed by atoms with van der Waals surface area (Å²) in [7, 11) is 0. The van der Waals surface area contributed by atoms with E-state index in [4.69, 9.17) is 5.11 Å². The molecule has 4 atom stereocenters. The first kappa shape index (κ1) is 31.3. The molecule has 0 aromatic rings. The zero-order chi connectivity index (χ0) is 24.0. The van der Waals surface area contributed by atoms with Gasteiger partial charge in [-0.15, -0.1) is 0 Å². The van der Waals surface area contributed by atoms with Gasteiger partial charge >= 0.3 is 5.97 Å². The zero-order valence-electron chi connectivity index (χ0n) is 20.6. The topological polar surface area (TPSA) is 118 Å². The molecule has 6 heteroatoms. The third-order valence-corrected chi connectivity index (χ3v) is 6.38. The molecule has 5 N–H and O–H groups in total. The van der Waals surface area contributed by atoms with Crippen LogP contribution in [0.15, 0.2) is 0 Å². The molecule has 0 aromatic carbocycles. The molecule has 0 spiro atoms. The molecule has 0 aliphatic heterocycles. The van der Waals surface area contributed by atoms with Gasteiger partial charge in [-0.3, -0.25) is 0 Å². The highest BCUT2D eigenvalue weighted by atomic mass is 16.4. The molecule has 0 radical (unpaired) electrons. The Morgan fingerprint density at radius 3 is 1.38 bits per heavy atom. The van der Waals surface area contributed by atoms with Crippen molar-refractivity contribution in [2.45, 2.75) is 160 Å². The SMILES string of the molecule is CCCCCC(O)CCCC(O)C(O)CCCCCCCCCCCCCC(O)C(=O)O. The number of hydrogen-bond acceptors (Lipinski definition) is 5. The fraction of sp³-hybridized carbons (Fsp3) is 0.962. The van der Waals surface area contributed by atoms with Crippen molar-refractivity contribution in [1.29, 1.82) is 0 Å². The molecule has 0 aromatic heterocycles. The Morgan fingerprint density at radius 2 is 0.906 bits per heavy atom. The number of aliphatic hydroxyl groups is 4. The average Bonchev–Trinajstić information content (AvgIpc) is 2.76. The third kappa shape index (κ3) is 20.0. The van der Waals surface area contributed by atoms with Crippen LogP contribution in [-0.4, -0.2) is 55.9 Å². The van der Waals surface area contributed by atoms with Gasteiger partial charge in [-0.1, -0.05) is 96.8 Å². The largest absolute Gasteiger partial charge is 0.479 e. The summed E-state index contributed by atoms with van der Waals surface area (Å²) >= 11 is 0. The van der Waals surface area contributed by atoms with E-state index in [1.807, 2.05) is 0 Å². The van der Waals surface area contributed by atoms with Gasteiger partial charge in [0.15, 0.2) is 6.10 Å². The number of aliphatic carboxylic acids is 1. The Bertz CT molecular complexity index is 417. The lowest BCUT2D eigenvalue weighted by Gasteiger charge is -2.18. The van der Waals surface area contributed by atoms with Crippen LogP contribution in [0.1, 0.15) is 135 Å². The quantitative estimate of drug-likeness (QED) is 0.124. The summed E-state index contributed by atoms with van der Waals surface area (Å²) in [4.78, 5) is 10.5. The van der Waals surface area contributed by atoms with E-state index in [9.17, 15) is 25.2 Å². The van der Waals surface area contributed by atoms with Crippen LogP contribution >= 0.6 is 0 Å². The van der Waals surface area contributed by atoms with Gasteiger partial charge in [0.25, 0.3) is 0 Å². The highest BCUT2D eigenvalue weighted by Gasteiger charge is 2.16. The maximum absolute atomic E-state index is 10.5. The maximum Gasteiger partial charge on any atom is 0.332 e. The van der Waals surface area contributed by atoms with Gasteiger partial charge in [0.05, 0.1) is 18.3 Å². The Balaban J connectivity index is 3.41. The van der Waals surface area contributed by atoms with E-state index in [2.05, 4.69) is 6.92 Å². The van der Waals surface area contributed by atoms with Crippen molar-refractivity contribution in [1.82, 2.24) is 0 Å². The van der Waals surface area contributed by atoms with Crippen LogP contribution in [0, 0.1) is 0 Å². The summed E-state index contributed by atoms with van der Waals surface area (Å²) in [5.74, 6) is -1.13. The normalized spacial score (nSPS) is 15.4. The summed E-state index contributed by atoms with van der Waals surface area (Å²) in [5, 5.41) is 47.9. The van der Waals surface area contributed by atoms with Gasteiger partial charge in [0.1, 0.15) is 0 Å². The Morgan fingerprint density at radius 1 is 0.531 bits per heavy atom. The van der Waals surface area contributed by atoms with Gasteiger partial charge in [-0.05, 0) is 38.5 Å². The highest BCUT2D eigenvalue weighted by molar-refractivity contribution is 5.71. The van der Waals surface area contributed by atoms with Crippen molar-refractivity contribution >= 4 is 5.97 Å². The minimum Gasteiger partial charge on any atom is -0.479 e. The van der Waals surface area contributed by atoms with Crippen LogP contribution in [-0.2, 0) is 4.79 Å². The lowest BCUT2D eigenvalue weighted by molar-refractivity contribution is -0.146. The van der Waals surface area contributed by atoms with Crippen molar-refractivity contribution in [2.75, 3.05) is 0 Å². The van der Waals surface area contributed by atoms with Crippen LogP contribution in [0.4, 0.5) is 0 Å². The standard InChI is InChI=1S/C26H52O6/c1-2-3-13-17-22(27)18-16-21-24(29)23(28)19-14-11-9-7-5-4-6-8-10-12-15-20-25(30)26(31)32/h22-25,27-30H,2-21H2,1H3,(H,31,32). The zero-order valence-corrected chi connectivity index (χ0v) is 20.6. The van der Waals surface area contributed by atoms with E-state index in [1.165, 1.54) is 38.5 Å². The number of rotatable bonds is 24. The van der Waals surface area contributed by atoms with Crippen LogP contribution < -0.4 is 0 Å². The van der Waals surface area contributed by atoms with Crippen molar-refractivity contribution in [3.63, 3.8) is 0 Å². The van der Waals surface area contributed by atoms with Gasteiger partial charge in [0.2, 0.25) is 0 Å². The summed E-state index contributed by atoms with van der Waals surface area (Å²) in [6, 6.07) is 0.